The van der Waals surface area contributed by atoms with Crippen LogP contribution in [-0.4, -0.2) is 61.5 Å². The predicted octanol–water partition coefficient (Wildman–Crippen LogP) is 1.71. The molecule has 1 aliphatic carbocycles. The fourth-order valence-corrected chi connectivity index (χ4v) is 2.83. The van der Waals surface area contributed by atoms with Crippen LogP contribution in [0.2, 0.25) is 0 Å². The summed E-state index contributed by atoms with van der Waals surface area (Å²) in [4.78, 5) is 16.8. The summed E-state index contributed by atoms with van der Waals surface area (Å²) in [6.45, 7) is 6.94. The van der Waals surface area contributed by atoms with E-state index in [1.807, 2.05) is 0 Å². The monoisotopic (exact) mass is 269 g/mol. The molecule has 112 valence electrons. The number of nitrogens with one attached hydrogen (secondary N) is 1. The maximum atomic E-state index is 12.5. The third-order valence-electron chi connectivity index (χ3n) is 3.91. The van der Waals surface area contributed by atoms with Crippen molar-refractivity contribution in [1.29, 1.82) is 0 Å². The van der Waals surface area contributed by atoms with Crippen molar-refractivity contribution in [1.82, 2.24) is 15.1 Å². The van der Waals surface area contributed by atoms with Gasteiger partial charge in [-0.2, -0.15) is 0 Å². The van der Waals surface area contributed by atoms with E-state index in [4.69, 9.17) is 0 Å². The normalized spacial score (nSPS) is 17.9. The second kappa shape index (κ2) is 8.54. The Morgan fingerprint density at radius 3 is 2.42 bits per heavy atom. The van der Waals surface area contributed by atoms with Gasteiger partial charge in [0.15, 0.2) is 0 Å². The van der Waals surface area contributed by atoms with Gasteiger partial charge in [0.25, 0.3) is 0 Å². The maximum Gasteiger partial charge on any atom is 0.224 e. The van der Waals surface area contributed by atoms with Gasteiger partial charge in [-0.3, -0.25) is 4.79 Å². The van der Waals surface area contributed by atoms with Crippen molar-refractivity contribution in [2.24, 2.45) is 0 Å². The minimum atomic E-state index is 0.278. The lowest BCUT2D eigenvalue weighted by Crippen LogP contribution is -2.44. The van der Waals surface area contributed by atoms with Gasteiger partial charge in [0.2, 0.25) is 5.91 Å². The molecule has 0 aliphatic heterocycles. The number of amides is 1. The number of hydrogen-bond donors (Lipinski definition) is 1. The summed E-state index contributed by atoms with van der Waals surface area (Å²) in [5.41, 5.74) is 0. The molecule has 4 nitrogen and oxygen atoms in total. The quantitative estimate of drug-likeness (QED) is 0.728. The fraction of sp³-hybridized carbons (Fsp3) is 0.933. The van der Waals surface area contributed by atoms with Crippen LogP contribution in [0.15, 0.2) is 0 Å². The van der Waals surface area contributed by atoms with Crippen LogP contribution in [0.5, 0.6) is 0 Å². The van der Waals surface area contributed by atoms with Crippen LogP contribution in [0.25, 0.3) is 0 Å². The highest BCUT2D eigenvalue weighted by Crippen LogP contribution is 2.24. The van der Waals surface area contributed by atoms with Crippen molar-refractivity contribution in [3.8, 4) is 0 Å². The Morgan fingerprint density at radius 2 is 1.89 bits per heavy atom. The average Bonchev–Trinajstić information content (AvgIpc) is 2.82. The summed E-state index contributed by atoms with van der Waals surface area (Å²) in [5, 5.41) is 3.33. The second-order valence-corrected chi connectivity index (χ2v) is 5.99. The highest BCUT2D eigenvalue weighted by Gasteiger charge is 2.26. The lowest BCUT2D eigenvalue weighted by molar-refractivity contribution is -0.134. The summed E-state index contributed by atoms with van der Waals surface area (Å²) in [5.74, 6) is 0.321. The molecule has 1 aliphatic rings. The Bertz CT molecular complexity index is 262. The number of carbonyl (C=O) groups is 1. The van der Waals surface area contributed by atoms with Gasteiger partial charge in [-0.1, -0.05) is 19.8 Å². The molecule has 0 bridgehead atoms. The van der Waals surface area contributed by atoms with Gasteiger partial charge in [0, 0.05) is 31.6 Å². The summed E-state index contributed by atoms with van der Waals surface area (Å²) >= 11 is 0. The largest absolute Gasteiger partial charge is 0.338 e. The van der Waals surface area contributed by atoms with Crippen LogP contribution in [0, 0.1) is 0 Å². The van der Waals surface area contributed by atoms with Gasteiger partial charge in [-0.05, 0) is 40.4 Å². The van der Waals surface area contributed by atoms with Crippen molar-refractivity contribution in [2.75, 3.05) is 33.7 Å². The highest BCUT2D eigenvalue weighted by atomic mass is 16.2. The van der Waals surface area contributed by atoms with E-state index in [1.165, 1.54) is 25.7 Å². The first-order valence-electron chi connectivity index (χ1n) is 7.72. The molecule has 1 fully saturated rings. The van der Waals surface area contributed by atoms with E-state index in [1.54, 1.807) is 0 Å². The lowest BCUT2D eigenvalue weighted by atomic mass is 10.1. The number of likely N-dealkylation sites (N-methyl/N-ethyl adjacent to an activating group) is 1. The summed E-state index contributed by atoms with van der Waals surface area (Å²) < 4.78 is 0. The molecule has 0 saturated heterocycles. The minimum Gasteiger partial charge on any atom is -0.338 e. The Labute approximate surface area is 118 Å². The second-order valence-electron chi connectivity index (χ2n) is 5.99. The molecular weight excluding hydrogens is 238 g/mol. The standard InChI is InChI=1S/C15H31N3O/c1-5-16-13(2)12-15(19)18(11-10-17(3)4)14-8-6-7-9-14/h13-14,16H,5-12H2,1-4H3. The topological polar surface area (TPSA) is 35.6 Å². The van der Waals surface area contributed by atoms with Gasteiger partial charge < -0.3 is 15.1 Å². The van der Waals surface area contributed by atoms with Crippen molar-refractivity contribution < 1.29 is 4.79 Å². The van der Waals surface area contributed by atoms with Crippen molar-refractivity contribution in [2.45, 2.75) is 58.0 Å². The Balaban J connectivity index is 2.52. The van der Waals surface area contributed by atoms with Crippen LogP contribution in [0.1, 0.15) is 46.0 Å². The molecule has 1 amide bonds. The van der Waals surface area contributed by atoms with Crippen LogP contribution in [-0.2, 0) is 4.79 Å². The first-order valence-corrected chi connectivity index (χ1v) is 7.72. The zero-order valence-corrected chi connectivity index (χ0v) is 13.1. The van der Waals surface area contributed by atoms with Gasteiger partial charge >= 0.3 is 0 Å². The predicted molar refractivity (Wildman–Crippen MR) is 80.3 cm³/mol. The smallest absolute Gasteiger partial charge is 0.224 e. The van der Waals surface area contributed by atoms with Gasteiger partial charge in [0.05, 0.1) is 0 Å². The minimum absolute atomic E-state index is 0.278. The van der Waals surface area contributed by atoms with Gasteiger partial charge in [0.1, 0.15) is 0 Å². The van der Waals surface area contributed by atoms with Gasteiger partial charge in [-0.15, -0.1) is 0 Å². The summed E-state index contributed by atoms with van der Waals surface area (Å²) in [6, 6.07) is 0.766. The molecule has 0 aromatic rings. The molecule has 0 heterocycles. The molecule has 19 heavy (non-hydrogen) atoms. The van der Waals surface area contributed by atoms with Crippen LogP contribution in [0.4, 0.5) is 0 Å². The Morgan fingerprint density at radius 1 is 1.26 bits per heavy atom. The number of hydrogen-bond acceptors (Lipinski definition) is 3. The van der Waals surface area contributed by atoms with Crippen LogP contribution in [0.3, 0.4) is 0 Å². The third-order valence-corrected chi connectivity index (χ3v) is 3.91. The molecular formula is C15H31N3O. The fourth-order valence-electron chi connectivity index (χ4n) is 2.83. The number of carbonyl (C=O) groups excluding carboxylic acids is 1. The lowest BCUT2D eigenvalue weighted by Gasteiger charge is -2.31. The highest BCUT2D eigenvalue weighted by molar-refractivity contribution is 5.77. The molecule has 4 heteroatoms. The van der Waals surface area contributed by atoms with E-state index in [0.29, 0.717) is 18.4 Å². The van der Waals surface area contributed by atoms with Gasteiger partial charge in [-0.25, -0.2) is 0 Å². The van der Waals surface area contributed by atoms with Crippen molar-refractivity contribution in [3.63, 3.8) is 0 Å². The molecule has 1 saturated carbocycles. The molecule has 1 unspecified atom stereocenters. The summed E-state index contributed by atoms with van der Waals surface area (Å²) in [6.07, 6.45) is 5.56. The van der Waals surface area contributed by atoms with E-state index in [2.05, 4.69) is 43.1 Å². The van der Waals surface area contributed by atoms with Crippen molar-refractivity contribution in [3.05, 3.63) is 0 Å². The molecule has 0 aromatic heterocycles. The molecule has 0 aromatic carbocycles. The van der Waals surface area contributed by atoms with Crippen molar-refractivity contribution >= 4 is 5.91 Å². The maximum absolute atomic E-state index is 12.5. The SMILES string of the molecule is CCNC(C)CC(=O)N(CCN(C)C)C1CCCC1. The molecule has 1 N–H and O–H groups in total. The first-order chi connectivity index (χ1) is 9.04. The van der Waals surface area contributed by atoms with E-state index < -0.39 is 0 Å². The molecule has 0 spiro atoms. The van der Waals surface area contributed by atoms with Crippen LogP contribution >= 0.6 is 0 Å². The zero-order chi connectivity index (χ0) is 14.3. The molecule has 0 radical (unpaired) electrons. The average molecular weight is 269 g/mol. The van der Waals surface area contributed by atoms with E-state index in [-0.39, 0.29) is 6.04 Å². The molecule has 1 rings (SSSR count). The number of nitrogens with zero attached hydrogens (tertiary/aromatic N) is 2. The summed E-state index contributed by atoms with van der Waals surface area (Å²) in [7, 11) is 4.14. The number of rotatable bonds is 8. The third kappa shape index (κ3) is 5.91. The van der Waals surface area contributed by atoms with E-state index in [0.717, 1.165) is 19.6 Å². The van der Waals surface area contributed by atoms with E-state index in [9.17, 15) is 4.79 Å². The zero-order valence-electron chi connectivity index (χ0n) is 13.1. The molecule has 1 atom stereocenters. The Kier molecular flexibility index (Phi) is 7.39. The Hall–Kier alpha value is -0.610. The van der Waals surface area contributed by atoms with Crippen LogP contribution < -0.4 is 5.32 Å². The van der Waals surface area contributed by atoms with E-state index >= 15 is 0 Å². The first kappa shape index (κ1) is 16.4.